The first-order chi connectivity index (χ1) is 15.5. The third kappa shape index (κ3) is 3.63. The van der Waals surface area contributed by atoms with Crippen molar-refractivity contribution in [1.29, 1.82) is 0 Å². The van der Waals surface area contributed by atoms with Crippen LogP contribution in [-0.4, -0.2) is 25.8 Å². The van der Waals surface area contributed by atoms with Crippen LogP contribution in [0.15, 0.2) is 102 Å². The molecule has 4 aromatic rings. The number of sulfonamides is 1. The molecule has 0 atom stereocenters. The Bertz CT molecular complexity index is 1340. The quantitative estimate of drug-likeness (QED) is 0.439. The minimum Gasteiger partial charge on any atom is -0.332 e. The molecular formula is C26H22N2O3S. The van der Waals surface area contributed by atoms with Gasteiger partial charge in [-0.2, -0.15) is 0 Å². The summed E-state index contributed by atoms with van der Waals surface area (Å²) in [5, 5.41) is 1.53. The third-order valence-corrected chi connectivity index (χ3v) is 7.55. The fourth-order valence-electron chi connectivity index (χ4n) is 4.19. The van der Waals surface area contributed by atoms with Crippen molar-refractivity contribution in [1.82, 2.24) is 4.90 Å². The zero-order valence-electron chi connectivity index (χ0n) is 17.4. The summed E-state index contributed by atoms with van der Waals surface area (Å²) in [5.41, 5.74) is 2.55. The van der Waals surface area contributed by atoms with Crippen molar-refractivity contribution in [3.05, 3.63) is 108 Å². The Kier molecular flexibility index (Phi) is 5.15. The van der Waals surface area contributed by atoms with E-state index in [-0.39, 0.29) is 17.3 Å². The van der Waals surface area contributed by atoms with Gasteiger partial charge in [0.25, 0.3) is 10.0 Å². The number of nitrogens with zero attached hydrogens (tertiary/aromatic N) is 2. The standard InChI is InChI=1S/C26H22N2O3S/c29-25(27(17-20-9-3-1-4-10-20)18-21-11-5-2-6-12-21)19-28-23-15-7-13-22-14-8-16-24(26(22)23)32(28,30)31/h1-16H,17-19H2. The molecule has 5 rings (SSSR count). The Balaban J connectivity index is 1.47. The lowest BCUT2D eigenvalue weighted by molar-refractivity contribution is -0.130. The largest absolute Gasteiger partial charge is 0.332 e. The molecule has 5 nitrogen and oxygen atoms in total. The van der Waals surface area contributed by atoms with E-state index in [2.05, 4.69) is 0 Å². The molecule has 1 aliphatic rings. The Morgan fingerprint density at radius 1 is 0.719 bits per heavy atom. The highest BCUT2D eigenvalue weighted by molar-refractivity contribution is 7.93. The van der Waals surface area contributed by atoms with Crippen LogP contribution in [0.5, 0.6) is 0 Å². The molecular weight excluding hydrogens is 420 g/mol. The van der Waals surface area contributed by atoms with Crippen LogP contribution >= 0.6 is 0 Å². The average molecular weight is 443 g/mol. The van der Waals surface area contributed by atoms with Gasteiger partial charge < -0.3 is 4.90 Å². The van der Waals surface area contributed by atoms with Gasteiger partial charge in [-0.05, 0) is 28.6 Å². The molecule has 0 unspecified atom stereocenters. The highest BCUT2D eigenvalue weighted by Crippen LogP contribution is 2.41. The van der Waals surface area contributed by atoms with E-state index in [1.807, 2.05) is 78.9 Å². The maximum absolute atomic E-state index is 13.5. The van der Waals surface area contributed by atoms with E-state index in [0.717, 1.165) is 16.5 Å². The second-order valence-corrected chi connectivity index (χ2v) is 9.69. The van der Waals surface area contributed by atoms with Crippen LogP contribution in [0.25, 0.3) is 10.8 Å². The maximum atomic E-state index is 13.5. The number of rotatable bonds is 6. The minimum atomic E-state index is -3.79. The minimum absolute atomic E-state index is 0.240. The second kappa shape index (κ2) is 8.13. The lowest BCUT2D eigenvalue weighted by Crippen LogP contribution is -2.41. The lowest BCUT2D eigenvalue weighted by Gasteiger charge is -2.26. The zero-order chi connectivity index (χ0) is 22.1. The number of anilines is 1. The summed E-state index contributed by atoms with van der Waals surface area (Å²) in [7, 11) is -3.79. The van der Waals surface area contributed by atoms with Gasteiger partial charge in [0.2, 0.25) is 5.91 Å². The number of carbonyl (C=O) groups is 1. The highest BCUT2D eigenvalue weighted by Gasteiger charge is 2.37. The predicted octanol–water partition coefficient (Wildman–Crippen LogP) is 4.58. The molecule has 1 amide bonds. The smallest absolute Gasteiger partial charge is 0.265 e. The topological polar surface area (TPSA) is 57.7 Å². The van der Waals surface area contributed by atoms with Crippen molar-refractivity contribution in [2.45, 2.75) is 18.0 Å². The molecule has 1 aliphatic heterocycles. The molecule has 0 aromatic heterocycles. The zero-order valence-corrected chi connectivity index (χ0v) is 18.2. The summed E-state index contributed by atoms with van der Waals surface area (Å²) < 4.78 is 27.8. The number of carbonyl (C=O) groups excluding carboxylic acids is 1. The molecule has 0 spiro atoms. The molecule has 1 heterocycles. The van der Waals surface area contributed by atoms with Gasteiger partial charge in [0, 0.05) is 18.5 Å². The maximum Gasteiger partial charge on any atom is 0.265 e. The van der Waals surface area contributed by atoms with Gasteiger partial charge in [0.1, 0.15) is 6.54 Å². The lowest BCUT2D eigenvalue weighted by atomic mass is 10.1. The van der Waals surface area contributed by atoms with E-state index < -0.39 is 10.0 Å². The first-order valence-electron chi connectivity index (χ1n) is 10.4. The van der Waals surface area contributed by atoms with Crippen LogP contribution in [0.3, 0.4) is 0 Å². The third-order valence-electron chi connectivity index (χ3n) is 5.75. The van der Waals surface area contributed by atoms with Gasteiger partial charge in [-0.1, -0.05) is 84.9 Å². The summed E-state index contributed by atoms with van der Waals surface area (Å²) in [6.45, 7) is 0.564. The van der Waals surface area contributed by atoms with Gasteiger partial charge in [-0.15, -0.1) is 0 Å². The van der Waals surface area contributed by atoms with E-state index in [4.69, 9.17) is 0 Å². The van der Waals surface area contributed by atoms with Gasteiger partial charge >= 0.3 is 0 Å². The Labute approximate surface area is 187 Å². The van der Waals surface area contributed by atoms with Crippen molar-refractivity contribution in [2.24, 2.45) is 0 Å². The molecule has 0 fully saturated rings. The van der Waals surface area contributed by atoms with E-state index >= 15 is 0 Å². The molecule has 0 aliphatic carbocycles. The van der Waals surface area contributed by atoms with Crippen LogP contribution in [0.1, 0.15) is 11.1 Å². The van der Waals surface area contributed by atoms with Gasteiger partial charge in [-0.3, -0.25) is 9.10 Å². The van der Waals surface area contributed by atoms with Crippen molar-refractivity contribution in [2.75, 3.05) is 10.8 Å². The van der Waals surface area contributed by atoms with Crippen LogP contribution in [0.4, 0.5) is 5.69 Å². The fraction of sp³-hybridized carbons (Fsp3) is 0.115. The van der Waals surface area contributed by atoms with E-state index in [1.54, 1.807) is 23.1 Å². The van der Waals surface area contributed by atoms with Crippen LogP contribution in [-0.2, 0) is 27.9 Å². The summed E-state index contributed by atoms with van der Waals surface area (Å²) >= 11 is 0. The number of hydrogen-bond acceptors (Lipinski definition) is 3. The van der Waals surface area contributed by atoms with Gasteiger partial charge in [0.05, 0.1) is 10.6 Å². The van der Waals surface area contributed by atoms with E-state index in [0.29, 0.717) is 24.2 Å². The van der Waals surface area contributed by atoms with Gasteiger partial charge in [-0.25, -0.2) is 8.42 Å². The van der Waals surface area contributed by atoms with Gasteiger partial charge in [0.15, 0.2) is 0 Å². The average Bonchev–Trinajstić information content (AvgIpc) is 3.03. The molecule has 6 heteroatoms. The number of benzene rings is 4. The summed E-state index contributed by atoms with van der Waals surface area (Å²) in [6, 6.07) is 30.2. The normalized spacial score (nSPS) is 13.9. The Morgan fingerprint density at radius 2 is 1.28 bits per heavy atom. The Morgan fingerprint density at radius 3 is 1.88 bits per heavy atom. The molecule has 160 valence electrons. The van der Waals surface area contributed by atoms with Crippen molar-refractivity contribution in [3.63, 3.8) is 0 Å². The molecule has 4 aromatic carbocycles. The highest BCUT2D eigenvalue weighted by atomic mass is 32.2. The molecule has 32 heavy (non-hydrogen) atoms. The van der Waals surface area contributed by atoms with Crippen LogP contribution in [0, 0.1) is 0 Å². The van der Waals surface area contributed by atoms with E-state index in [1.165, 1.54) is 4.31 Å². The summed E-state index contributed by atoms with van der Waals surface area (Å²) in [4.78, 5) is 15.5. The molecule has 0 bridgehead atoms. The molecule has 0 saturated heterocycles. The van der Waals surface area contributed by atoms with E-state index in [9.17, 15) is 13.2 Å². The second-order valence-electron chi connectivity index (χ2n) is 7.86. The predicted molar refractivity (Wildman–Crippen MR) is 126 cm³/mol. The fourth-order valence-corrected chi connectivity index (χ4v) is 5.85. The molecule has 0 saturated carbocycles. The first-order valence-corrected chi connectivity index (χ1v) is 11.9. The molecule has 0 N–H and O–H groups in total. The summed E-state index contributed by atoms with van der Waals surface area (Å²) in [6.07, 6.45) is 0. The first kappa shape index (κ1) is 20.3. The monoisotopic (exact) mass is 442 g/mol. The summed E-state index contributed by atoms with van der Waals surface area (Å²) in [5.74, 6) is -0.244. The van der Waals surface area contributed by atoms with Crippen LogP contribution in [0.2, 0.25) is 0 Å². The number of amides is 1. The van der Waals surface area contributed by atoms with Crippen molar-refractivity contribution in [3.8, 4) is 0 Å². The Hall–Kier alpha value is -3.64. The molecule has 0 radical (unpaired) electrons. The van der Waals surface area contributed by atoms with Crippen LogP contribution < -0.4 is 4.31 Å². The van der Waals surface area contributed by atoms with Crippen molar-refractivity contribution >= 4 is 32.4 Å². The van der Waals surface area contributed by atoms with Crippen molar-refractivity contribution < 1.29 is 13.2 Å². The number of hydrogen-bond donors (Lipinski definition) is 0. The SMILES string of the molecule is O=C(CN1c2cccc3cccc(c23)S1(=O)=O)N(Cc1ccccc1)Cc1ccccc1.